The smallest absolute Gasteiger partial charge is 0.0547 e. The minimum Gasteiger partial charge on any atom is -0.378 e. The van der Waals surface area contributed by atoms with Crippen LogP contribution >= 0.6 is 0 Å². The normalized spacial score (nSPS) is 34.1. The molecular weight excluding hydrogens is 208 g/mol. The predicted molar refractivity (Wildman–Crippen MR) is 75.2 cm³/mol. The molecule has 3 unspecified atom stereocenters. The van der Waals surface area contributed by atoms with Crippen molar-refractivity contribution in [2.45, 2.75) is 72.3 Å². The van der Waals surface area contributed by atoms with Crippen LogP contribution in [0, 0.1) is 11.8 Å². The molecule has 0 amide bonds. The van der Waals surface area contributed by atoms with Crippen LogP contribution in [-0.4, -0.2) is 12.7 Å². The van der Waals surface area contributed by atoms with Crippen molar-refractivity contribution in [2.75, 3.05) is 6.61 Å². The highest BCUT2D eigenvalue weighted by Gasteiger charge is 2.11. The summed E-state index contributed by atoms with van der Waals surface area (Å²) in [4.78, 5) is 0. The van der Waals surface area contributed by atoms with Crippen molar-refractivity contribution in [3.05, 3.63) is 11.6 Å². The summed E-state index contributed by atoms with van der Waals surface area (Å²) in [6.45, 7) is 9.95. The van der Waals surface area contributed by atoms with Gasteiger partial charge in [-0.15, -0.1) is 0 Å². The van der Waals surface area contributed by atoms with E-state index < -0.39 is 0 Å². The van der Waals surface area contributed by atoms with Crippen LogP contribution in [0.1, 0.15) is 66.2 Å². The molecule has 0 radical (unpaired) electrons. The maximum Gasteiger partial charge on any atom is 0.0547 e. The highest BCUT2D eigenvalue weighted by molar-refractivity contribution is 5.01. The number of allylic oxidation sites excluding steroid dienone is 2. The van der Waals surface area contributed by atoms with E-state index in [1.807, 2.05) is 0 Å². The van der Waals surface area contributed by atoms with Crippen molar-refractivity contribution in [1.29, 1.82) is 0 Å². The zero-order chi connectivity index (χ0) is 12.7. The first kappa shape index (κ1) is 14.8. The molecule has 0 N–H and O–H groups in total. The topological polar surface area (TPSA) is 9.23 Å². The molecule has 100 valence electrons. The molecule has 0 saturated carbocycles. The van der Waals surface area contributed by atoms with Crippen molar-refractivity contribution >= 4 is 0 Å². The second-order valence-corrected chi connectivity index (χ2v) is 6.11. The third-order valence-electron chi connectivity index (χ3n) is 3.87. The summed E-state index contributed by atoms with van der Waals surface area (Å²) < 4.78 is 5.52. The molecule has 1 heterocycles. The van der Waals surface area contributed by atoms with E-state index in [2.05, 4.69) is 33.8 Å². The Kier molecular flexibility index (Phi) is 6.87. The van der Waals surface area contributed by atoms with Gasteiger partial charge < -0.3 is 4.74 Å². The van der Waals surface area contributed by atoms with E-state index in [1.54, 1.807) is 5.57 Å². The lowest BCUT2D eigenvalue weighted by molar-refractivity contribution is 0.0558. The Morgan fingerprint density at radius 3 is 2.41 bits per heavy atom. The third kappa shape index (κ3) is 6.88. The van der Waals surface area contributed by atoms with Gasteiger partial charge in [-0.2, -0.15) is 0 Å². The summed E-state index contributed by atoms with van der Waals surface area (Å²) in [7, 11) is 0. The molecule has 1 aliphatic heterocycles. The lowest BCUT2D eigenvalue weighted by atomic mass is 9.92. The highest BCUT2D eigenvalue weighted by Crippen LogP contribution is 2.21. The van der Waals surface area contributed by atoms with Crippen LogP contribution in [0.3, 0.4) is 0 Å². The fourth-order valence-corrected chi connectivity index (χ4v) is 2.35. The van der Waals surface area contributed by atoms with Gasteiger partial charge in [-0.25, -0.2) is 0 Å². The summed E-state index contributed by atoms with van der Waals surface area (Å²) in [6.07, 6.45) is 10.9. The lowest BCUT2D eigenvalue weighted by Gasteiger charge is -2.14. The number of rotatable bonds is 0. The van der Waals surface area contributed by atoms with Crippen LogP contribution in [0.4, 0.5) is 0 Å². The first-order valence-electron chi connectivity index (χ1n) is 7.35. The van der Waals surface area contributed by atoms with Crippen molar-refractivity contribution in [2.24, 2.45) is 11.8 Å². The quantitative estimate of drug-likeness (QED) is 0.542. The first-order chi connectivity index (χ1) is 8.08. The van der Waals surface area contributed by atoms with E-state index in [0.717, 1.165) is 18.4 Å². The largest absolute Gasteiger partial charge is 0.378 e. The van der Waals surface area contributed by atoms with Crippen LogP contribution < -0.4 is 0 Å². The third-order valence-corrected chi connectivity index (χ3v) is 3.87. The van der Waals surface area contributed by atoms with E-state index >= 15 is 0 Å². The van der Waals surface area contributed by atoms with Gasteiger partial charge in [-0.05, 0) is 57.8 Å². The van der Waals surface area contributed by atoms with E-state index in [4.69, 9.17) is 4.74 Å². The molecule has 0 bridgehead atoms. The average molecular weight is 238 g/mol. The molecule has 0 aromatic rings. The maximum atomic E-state index is 5.52. The predicted octanol–water partition coefficient (Wildman–Crippen LogP) is 4.96. The molecule has 2 rings (SSSR count). The number of hydrogen-bond donors (Lipinski definition) is 0. The molecule has 0 aromatic carbocycles. The van der Waals surface area contributed by atoms with Crippen LogP contribution in [0.25, 0.3) is 0 Å². The molecule has 17 heavy (non-hydrogen) atoms. The van der Waals surface area contributed by atoms with Gasteiger partial charge in [0.25, 0.3) is 0 Å². The SMILES string of the molecule is CC1=CCC(C)CC1.CC1CCCC(C)OC1. The van der Waals surface area contributed by atoms with Gasteiger partial charge in [-0.3, -0.25) is 0 Å². The van der Waals surface area contributed by atoms with Gasteiger partial charge in [-0.1, -0.05) is 31.9 Å². The van der Waals surface area contributed by atoms with Crippen molar-refractivity contribution < 1.29 is 4.74 Å². The van der Waals surface area contributed by atoms with E-state index in [-0.39, 0.29) is 0 Å². The van der Waals surface area contributed by atoms with Crippen molar-refractivity contribution in [3.8, 4) is 0 Å². The zero-order valence-electron chi connectivity index (χ0n) is 12.2. The summed E-state index contributed by atoms with van der Waals surface area (Å²) in [6, 6.07) is 0. The Morgan fingerprint density at radius 2 is 1.82 bits per heavy atom. The summed E-state index contributed by atoms with van der Waals surface area (Å²) in [5.41, 5.74) is 1.59. The number of hydrogen-bond acceptors (Lipinski definition) is 1. The van der Waals surface area contributed by atoms with Gasteiger partial charge in [0.2, 0.25) is 0 Å². The first-order valence-corrected chi connectivity index (χ1v) is 7.35. The Morgan fingerprint density at radius 1 is 1.06 bits per heavy atom. The minimum atomic E-state index is 0.509. The molecule has 3 atom stereocenters. The Bertz CT molecular complexity index is 222. The molecule has 2 aliphatic rings. The van der Waals surface area contributed by atoms with E-state index in [1.165, 1.54) is 38.5 Å². The molecule has 1 fully saturated rings. The molecule has 0 spiro atoms. The molecular formula is C16H30O. The Balaban J connectivity index is 0.000000171. The van der Waals surface area contributed by atoms with E-state index in [9.17, 15) is 0 Å². The average Bonchev–Trinajstić information content (AvgIpc) is 2.49. The molecule has 1 aliphatic carbocycles. The van der Waals surface area contributed by atoms with Gasteiger partial charge in [0, 0.05) is 6.61 Å². The van der Waals surface area contributed by atoms with Gasteiger partial charge in [0.05, 0.1) is 6.10 Å². The van der Waals surface area contributed by atoms with Crippen LogP contribution in [-0.2, 0) is 4.74 Å². The monoisotopic (exact) mass is 238 g/mol. The maximum absolute atomic E-state index is 5.52. The Hall–Kier alpha value is -0.300. The second-order valence-electron chi connectivity index (χ2n) is 6.11. The Labute approximate surface area is 108 Å². The van der Waals surface area contributed by atoms with Crippen LogP contribution in [0.15, 0.2) is 11.6 Å². The van der Waals surface area contributed by atoms with Crippen LogP contribution in [0.5, 0.6) is 0 Å². The van der Waals surface area contributed by atoms with Crippen molar-refractivity contribution in [3.63, 3.8) is 0 Å². The fraction of sp³-hybridized carbons (Fsp3) is 0.875. The summed E-state index contributed by atoms with van der Waals surface area (Å²) >= 11 is 0. The fourth-order valence-electron chi connectivity index (χ4n) is 2.35. The summed E-state index contributed by atoms with van der Waals surface area (Å²) in [5.74, 6) is 1.73. The highest BCUT2D eigenvalue weighted by atomic mass is 16.5. The van der Waals surface area contributed by atoms with Gasteiger partial charge in [0.15, 0.2) is 0 Å². The van der Waals surface area contributed by atoms with Gasteiger partial charge in [0.1, 0.15) is 0 Å². The summed E-state index contributed by atoms with van der Waals surface area (Å²) in [5, 5.41) is 0. The molecule has 1 heteroatoms. The minimum absolute atomic E-state index is 0.509. The standard InChI is InChI=1S/C8H16O.C8H14/c1-7-4-3-5-8(2)9-6-7;1-7-3-5-8(2)6-4-7/h7-8H,3-6H2,1-2H3;3,8H,4-6H2,1-2H3. The van der Waals surface area contributed by atoms with E-state index in [0.29, 0.717) is 6.10 Å². The number of ether oxygens (including phenoxy) is 1. The molecule has 1 nitrogen and oxygen atoms in total. The molecule has 1 saturated heterocycles. The zero-order valence-corrected chi connectivity index (χ0v) is 12.2. The lowest BCUT2D eigenvalue weighted by Crippen LogP contribution is -2.08. The van der Waals surface area contributed by atoms with Gasteiger partial charge >= 0.3 is 0 Å². The molecule has 0 aromatic heterocycles. The van der Waals surface area contributed by atoms with Crippen LogP contribution in [0.2, 0.25) is 0 Å². The van der Waals surface area contributed by atoms with Crippen molar-refractivity contribution in [1.82, 2.24) is 0 Å². The second kappa shape index (κ2) is 7.92.